The van der Waals surface area contributed by atoms with E-state index in [2.05, 4.69) is 60.1 Å². The molecule has 1 atom stereocenters. The molecule has 302 valence electrons. The molecule has 3 amide bonds. The smallest absolute Gasteiger partial charge is 0.408 e. The van der Waals surface area contributed by atoms with Crippen LogP contribution in [0.5, 0.6) is 5.88 Å². The maximum atomic E-state index is 13.5. The van der Waals surface area contributed by atoms with Crippen molar-refractivity contribution in [3.05, 3.63) is 132 Å². The third-order valence-electron chi connectivity index (χ3n) is 10.0. The number of aromatic nitrogens is 1. The van der Waals surface area contributed by atoms with Crippen molar-refractivity contribution in [3.8, 4) is 39.4 Å². The number of nitrogens with one attached hydrogen (secondary N) is 3. The molecule has 0 aliphatic heterocycles. The van der Waals surface area contributed by atoms with E-state index in [0.717, 1.165) is 63.9 Å². The Balaban J connectivity index is 0.993. The Morgan fingerprint density at radius 1 is 0.690 bits per heavy atom. The van der Waals surface area contributed by atoms with Crippen LogP contribution in [-0.2, 0) is 14.3 Å². The lowest BCUT2D eigenvalue weighted by atomic mass is 9.87. The van der Waals surface area contributed by atoms with Crippen LogP contribution < -0.4 is 20.7 Å². The summed E-state index contributed by atoms with van der Waals surface area (Å²) in [4.78, 5) is 44.1. The van der Waals surface area contributed by atoms with Gasteiger partial charge in [-0.2, -0.15) is 0 Å². The number of benzene rings is 4. The van der Waals surface area contributed by atoms with E-state index in [1.54, 1.807) is 20.8 Å². The van der Waals surface area contributed by atoms with E-state index in [-0.39, 0.29) is 24.5 Å². The number of hydrogen-bond donors (Lipinski definition) is 3. The number of nitrogens with zero attached hydrogens (tertiary/aromatic N) is 1. The minimum atomic E-state index is -1.10. The second-order valence-corrected chi connectivity index (χ2v) is 16.4. The van der Waals surface area contributed by atoms with Gasteiger partial charge in [0.05, 0.1) is 18.8 Å². The highest BCUT2D eigenvalue weighted by Crippen LogP contribution is 2.44. The van der Waals surface area contributed by atoms with Crippen LogP contribution >= 0.6 is 0 Å². The highest BCUT2D eigenvalue weighted by Gasteiger charge is 2.30. The maximum Gasteiger partial charge on any atom is 0.408 e. The Morgan fingerprint density at radius 2 is 1.29 bits per heavy atom. The van der Waals surface area contributed by atoms with Gasteiger partial charge in [-0.3, -0.25) is 4.79 Å². The summed E-state index contributed by atoms with van der Waals surface area (Å²) in [5.74, 6) is 0.0164. The molecule has 4 aromatic carbocycles. The predicted octanol–water partition coefficient (Wildman–Crippen LogP) is 9.54. The van der Waals surface area contributed by atoms with Crippen molar-refractivity contribution < 1.29 is 28.6 Å². The lowest BCUT2D eigenvalue weighted by Crippen LogP contribution is -2.54. The first-order chi connectivity index (χ1) is 27.8. The van der Waals surface area contributed by atoms with Gasteiger partial charge in [0.25, 0.3) is 0 Å². The van der Waals surface area contributed by atoms with Crippen molar-refractivity contribution in [3.63, 3.8) is 0 Å². The fourth-order valence-electron chi connectivity index (χ4n) is 7.05. The number of fused-ring (bicyclic) bond motifs is 3. The fourth-order valence-corrected chi connectivity index (χ4v) is 7.05. The summed E-state index contributed by atoms with van der Waals surface area (Å²) in [6, 6.07) is 39.4. The van der Waals surface area contributed by atoms with Crippen molar-refractivity contribution in [1.82, 2.24) is 20.9 Å². The van der Waals surface area contributed by atoms with E-state index < -0.39 is 29.7 Å². The zero-order valence-corrected chi connectivity index (χ0v) is 34.0. The monoisotopic (exact) mass is 782 g/mol. The minimum absolute atomic E-state index is 0.110. The lowest BCUT2D eigenvalue weighted by Gasteiger charge is -2.27. The van der Waals surface area contributed by atoms with E-state index in [0.29, 0.717) is 19.0 Å². The molecule has 1 aliphatic carbocycles. The average molecular weight is 783 g/mol. The number of carbonyl (C=O) groups is 3. The standard InChI is InChI=1S/C48H54N4O6/c1-47(2,3)58-46(55)52-42(30-49-45(54)57-31-40-38-24-14-12-22-36(38)37-23-13-15-25-39(37)40)44(53)50-32-48(4,5)26-16-17-27-56-43-29-35(33-18-8-6-9-19-33)28-41(51-43)34-20-10-7-11-21-34/h6-15,18-25,28-29,40,42H,16-17,26-27,30-32H2,1-5H3,(H,49,54)(H,50,53)(H,52,55). The van der Waals surface area contributed by atoms with E-state index >= 15 is 0 Å². The molecule has 0 spiro atoms. The van der Waals surface area contributed by atoms with Crippen LogP contribution in [0.25, 0.3) is 33.5 Å². The number of pyridine rings is 1. The molecular formula is C48H54N4O6. The molecule has 3 N–H and O–H groups in total. The van der Waals surface area contributed by atoms with E-state index in [1.165, 1.54) is 0 Å². The number of carbonyl (C=O) groups excluding carboxylic acids is 3. The van der Waals surface area contributed by atoms with E-state index in [9.17, 15) is 14.4 Å². The van der Waals surface area contributed by atoms with Crippen LogP contribution in [0, 0.1) is 5.41 Å². The van der Waals surface area contributed by atoms with Crippen molar-refractivity contribution in [2.75, 3.05) is 26.3 Å². The average Bonchev–Trinajstić information content (AvgIpc) is 3.53. The molecule has 0 bridgehead atoms. The largest absolute Gasteiger partial charge is 0.478 e. The van der Waals surface area contributed by atoms with Crippen molar-refractivity contribution >= 4 is 18.1 Å². The second kappa shape index (κ2) is 18.9. The third-order valence-corrected chi connectivity index (χ3v) is 10.0. The van der Waals surface area contributed by atoms with Gasteiger partial charge in [0.2, 0.25) is 11.8 Å². The molecule has 5 aromatic rings. The number of ether oxygens (including phenoxy) is 3. The summed E-state index contributed by atoms with van der Waals surface area (Å²) >= 11 is 0. The van der Waals surface area contributed by atoms with Crippen molar-refractivity contribution in [2.24, 2.45) is 5.41 Å². The zero-order chi connectivity index (χ0) is 41.1. The number of hydrogen-bond acceptors (Lipinski definition) is 7. The lowest BCUT2D eigenvalue weighted by molar-refractivity contribution is -0.123. The van der Waals surface area contributed by atoms with Crippen LogP contribution in [0.3, 0.4) is 0 Å². The first-order valence-corrected chi connectivity index (χ1v) is 20.0. The maximum absolute atomic E-state index is 13.5. The first-order valence-electron chi connectivity index (χ1n) is 20.0. The Kier molecular flexibility index (Phi) is 13.5. The molecule has 1 unspecified atom stereocenters. The van der Waals surface area contributed by atoms with Gasteiger partial charge in [0.15, 0.2) is 0 Å². The van der Waals surface area contributed by atoms with Crippen LogP contribution in [-0.4, -0.2) is 61.0 Å². The minimum Gasteiger partial charge on any atom is -0.478 e. The molecule has 6 rings (SSSR count). The van der Waals surface area contributed by atoms with Gasteiger partial charge >= 0.3 is 12.2 Å². The van der Waals surface area contributed by atoms with E-state index in [4.69, 9.17) is 19.2 Å². The second-order valence-electron chi connectivity index (χ2n) is 16.4. The molecule has 0 saturated carbocycles. The van der Waals surface area contributed by atoms with Gasteiger partial charge in [-0.25, -0.2) is 14.6 Å². The van der Waals surface area contributed by atoms with Gasteiger partial charge < -0.3 is 30.2 Å². The molecule has 0 fully saturated rings. The number of alkyl carbamates (subject to hydrolysis) is 2. The Morgan fingerprint density at radius 3 is 1.93 bits per heavy atom. The molecule has 10 nitrogen and oxygen atoms in total. The van der Waals surface area contributed by atoms with Crippen LogP contribution in [0.15, 0.2) is 121 Å². The number of amides is 3. The Labute approximate surface area is 341 Å². The molecule has 1 heterocycles. The number of rotatable bonds is 16. The summed E-state index contributed by atoms with van der Waals surface area (Å²) in [6.45, 7) is 10.2. The quantitative estimate of drug-likeness (QED) is 0.0851. The highest BCUT2D eigenvalue weighted by atomic mass is 16.6. The zero-order valence-electron chi connectivity index (χ0n) is 34.0. The Hall–Kier alpha value is -6.16. The third kappa shape index (κ3) is 11.5. The highest BCUT2D eigenvalue weighted by molar-refractivity contribution is 5.86. The van der Waals surface area contributed by atoms with Gasteiger partial charge in [0, 0.05) is 24.1 Å². The molecule has 0 saturated heterocycles. The summed E-state index contributed by atoms with van der Waals surface area (Å²) < 4.78 is 17.3. The Bertz CT molecular complexity index is 2060. The summed E-state index contributed by atoms with van der Waals surface area (Å²) in [5.41, 5.74) is 7.40. The normalized spacial score (nSPS) is 12.8. The predicted molar refractivity (Wildman–Crippen MR) is 227 cm³/mol. The molecule has 58 heavy (non-hydrogen) atoms. The van der Waals surface area contributed by atoms with Crippen LogP contribution in [0.2, 0.25) is 0 Å². The van der Waals surface area contributed by atoms with Crippen molar-refractivity contribution in [2.45, 2.75) is 71.4 Å². The topological polar surface area (TPSA) is 128 Å². The van der Waals surface area contributed by atoms with Gasteiger partial charge in [0.1, 0.15) is 18.2 Å². The molecule has 10 heteroatoms. The van der Waals surface area contributed by atoms with E-state index in [1.807, 2.05) is 91.0 Å². The molecule has 0 radical (unpaired) electrons. The van der Waals surface area contributed by atoms with Gasteiger partial charge in [-0.15, -0.1) is 0 Å². The number of unbranched alkanes of at least 4 members (excludes halogenated alkanes) is 1. The fraction of sp³-hybridized carbons (Fsp3) is 0.333. The molecular weight excluding hydrogens is 729 g/mol. The van der Waals surface area contributed by atoms with Crippen molar-refractivity contribution in [1.29, 1.82) is 0 Å². The van der Waals surface area contributed by atoms with Crippen LogP contribution in [0.4, 0.5) is 9.59 Å². The molecule has 1 aromatic heterocycles. The summed E-state index contributed by atoms with van der Waals surface area (Å²) in [7, 11) is 0. The summed E-state index contributed by atoms with van der Waals surface area (Å²) in [6.07, 6.45) is 1.01. The molecule has 1 aliphatic rings. The van der Waals surface area contributed by atoms with Crippen LogP contribution in [0.1, 0.15) is 70.9 Å². The SMILES string of the molecule is CC(C)(CCCCOc1cc(-c2ccccc2)cc(-c2ccccc2)n1)CNC(=O)C(CNC(=O)OCC1c2ccccc2-c2ccccc21)NC(=O)OC(C)(C)C. The van der Waals surface area contributed by atoms with Gasteiger partial charge in [-0.1, -0.05) is 123 Å². The summed E-state index contributed by atoms with van der Waals surface area (Å²) in [5, 5.41) is 8.28. The first kappa shape index (κ1) is 41.5. The van der Waals surface area contributed by atoms with Gasteiger partial charge in [-0.05, 0) is 84.9 Å².